The molecule has 0 saturated carbocycles. The molecule has 0 aromatic carbocycles. The van der Waals surface area contributed by atoms with Gasteiger partial charge in [-0.15, -0.1) is 0 Å². The Labute approximate surface area is 97.4 Å². The first-order chi connectivity index (χ1) is 7.43. The molecular formula is C9H7BrF3N3. The highest BCUT2D eigenvalue weighted by atomic mass is 79.9. The van der Waals surface area contributed by atoms with Gasteiger partial charge in [0.15, 0.2) is 5.65 Å². The zero-order valence-electron chi connectivity index (χ0n) is 8.22. The molecule has 0 aliphatic rings. The number of fused-ring (bicyclic) bond motifs is 1. The van der Waals surface area contributed by atoms with Crippen LogP contribution in [0, 0.1) is 0 Å². The molecule has 0 aliphatic heterocycles. The predicted molar refractivity (Wildman–Crippen MR) is 56.1 cm³/mol. The third kappa shape index (κ3) is 1.79. The van der Waals surface area contributed by atoms with E-state index in [1.54, 1.807) is 6.07 Å². The summed E-state index contributed by atoms with van der Waals surface area (Å²) in [4.78, 5) is 7.36. The lowest BCUT2D eigenvalue weighted by Gasteiger charge is -2.05. The van der Waals surface area contributed by atoms with Gasteiger partial charge in [-0.25, -0.2) is 9.97 Å². The van der Waals surface area contributed by atoms with E-state index in [2.05, 4.69) is 25.9 Å². The van der Waals surface area contributed by atoms with Crippen molar-refractivity contribution in [1.29, 1.82) is 0 Å². The molecule has 0 N–H and O–H groups in total. The van der Waals surface area contributed by atoms with Crippen molar-refractivity contribution in [2.24, 2.45) is 7.05 Å². The molecule has 0 spiro atoms. The predicted octanol–water partition coefficient (Wildman–Crippen LogP) is 2.88. The first-order valence-electron chi connectivity index (χ1n) is 4.38. The number of aromatic nitrogens is 3. The van der Waals surface area contributed by atoms with E-state index >= 15 is 0 Å². The summed E-state index contributed by atoms with van der Waals surface area (Å²) >= 11 is 3.22. The molecule has 86 valence electrons. The third-order valence-electron chi connectivity index (χ3n) is 2.20. The summed E-state index contributed by atoms with van der Waals surface area (Å²) in [5.74, 6) is -0.929. The van der Waals surface area contributed by atoms with E-state index in [4.69, 9.17) is 0 Å². The van der Waals surface area contributed by atoms with Crippen molar-refractivity contribution in [2.45, 2.75) is 11.5 Å². The standard InChI is InChI=1S/C9H7BrF3N3/c1-16-6-2-5(3-10)4-14-7(6)15-8(16)9(11,12)13/h2,4H,3H2,1H3. The molecule has 0 bridgehead atoms. The summed E-state index contributed by atoms with van der Waals surface area (Å²) in [6.07, 6.45) is -2.95. The number of imidazole rings is 1. The molecule has 2 aromatic rings. The Morgan fingerprint density at radius 3 is 2.69 bits per heavy atom. The number of aryl methyl sites for hydroxylation is 1. The van der Waals surface area contributed by atoms with Crippen molar-refractivity contribution in [3.63, 3.8) is 0 Å². The first-order valence-corrected chi connectivity index (χ1v) is 5.50. The highest BCUT2D eigenvalue weighted by molar-refractivity contribution is 9.08. The molecule has 2 aromatic heterocycles. The molecule has 0 fully saturated rings. The zero-order valence-corrected chi connectivity index (χ0v) is 9.80. The number of hydrogen-bond donors (Lipinski definition) is 0. The van der Waals surface area contributed by atoms with Gasteiger partial charge < -0.3 is 4.57 Å². The second-order valence-electron chi connectivity index (χ2n) is 3.31. The van der Waals surface area contributed by atoms with Gasteiger partial charge in [-0.05, 0) is 11.6 Å². The van der Waals surface area contributed by atoms with Crippen LogP contribution in [0.1, 0.15) is 11.4 Å². The quantitative estimate of drug-likeness (QED) is 0.757. The Hall–Kier alpha value is -1.11. The van der Waals surface area contributed by atoms with Crippen LogP contribution >= 0.6 is 15.9 Å². The minimum atomic E-state index is -4.45. The molecule has 3 nitrogen and oxygen atoms in total. The molecule has 0 amide bonds. The van der Waals surface area contributed by atoms with Crippen molar-refractivity contribution >= 4 is 27.1 Å². The average molecular weight is 294 g/mol. The average Bonchev–Trinajstić information content (AvgIpc) is 2.55. The fraction of sp³-hybridized carbons (Fsp3) is 0.333. The van der Waals surface area contributed by atoms with Crippen molar-refractivity contribution in [2.75, 3.05) is 0 Å². The summed E-state index contributed by atoms with van der Waals surface area (Å²) in [5.41, 5.74) is 1.30. The maximum absolute atomic E-state index is 12.5. The Balaban J connectivity index is 2.69. The number of alkyl halides is 4. The number of hydrogen-bond acceptors (Lipinski definition) is 2. The van der Waals surface area contributed by atoms with Crippen molar-refractivity contribution < 1.29 is 13.2 Å². The fourth-order valence-corrected chi connectivity index (χ4v) is 1.74. The molecular weight excluding hydrogens is 287 g/mol. The van der Waals surface area contributed by atoms with Gasteiger partial charge in [-0.3, -0.25) is 0 Å². The summed E-state index contributed by atoms with van der Waals surface area (Å²) in [5, 5.41) is 0.544. The molecule has 0 saturated heterocycles. The van der Waals surface area contributed by atoms with Crippen LogP contribution in [0.5, 0.6) is 0 Å². The van der Waals surface area contributed by atoms with Crippen LogP contribution in [0.15, 0.2) is 12.3 Å². The van der Waals surface area contributed by atoms with E-state index in [9.17, 15) is 13.2 Å². The SMILES string of the molecule is Cn1c(C(F)(F)F)nc2ncc(CBr)cc21. The number of pyridine rings is 1. The van der Waals surface area contributed by atoms with Gasteiger partial charge in [0.1, 0.15) is 0 Å². The van der Waals surface area contributed by atoms with E-state index in [1.807, 2.05) is 0 Å². The van der Waals surface area contributed by atoms with Gasteiger partial charge in [0.25, 0.3) is 0 Å². The lowest BCUT2D eigenvalue weighted by Crippen LogP contribution is -2.12. The Morgan fingerprint density at radius 1 is 1.44 bits per heavy atom. The normalized spacial score (nSPS) is 12.3. The summed E-state index contributed by atoms with van der Waals surface area (Å²) in [6.45, 7) is 0. The lowest BCUT2D eigenvalue weighted by atomic mass is 10.3. The topological polar surface area (TPSA) is 30.7 Å². The molecule has 16 heavy (non-hydrogen) atoms. The molecule has 0 unspecified atom stereocenters. The summed E-state index contributed by atoms with van der Waals surface area (Å²) in [7, 11) is 1.33. The number of rotatable bonds is 1. The van der Waals surface area contributed by atoms with Crippen LogP contribution < -0.4 is 0 Å². The van der Waals surface area contributed by atoms with Gasteiger partial charge >= 0.3 is 6.18 Å². The third-order valence-corrected chi connectivity index (χ3v) is 2.85. The van der Waals surface area contributed by atoms with E-state index in [0.29, 0.717) is 10.8 Å². The van der Waals surface area contributed by atoms with Crippen LogP contribution in [-0.4, -0.2) is 14.5 Å². The maximum atomic E-state index is 12.5. The summed E-state index contributed by atoms with van der Waals surface area (Å²) < 4.78 is 38.7. The van der Waals surface area contributed by atoms with Crippen LogP contribution in [-0.2, 0) is 18.6 Å². The molecule has 2 heterocycles. The molecule has 7 heteroatoms. The van der Waals surface area contributed by atoms with Gasteiger partial charge in [0.2, 0.25) is 5.82 Å². The van der Waals surface area contributed by atoms with E-state index in [-0.39, 0.29) is 5.65 Å². The molecule has 0 atom stereocenters. The van der Waals surface area contributed by atoms with Gasteiger partial charge in [-0.2, -0.15) is 13.2 Å². The minimum absolute atomic E-state index is 0.111. The monoisotopic (exact) mass is 293 g/mol. The highest BCUT2D eigenvalue weighted by Gasteiger charge is 2.36. The Kier molecular flexibility index (Phi) is 2.65. The van der Waals surface area contributed by atoms with Crippen molar-refractivity contribution in [3.05, 3.63) is 23.7 Å². The summed E-state index contributed by atoms with van der Waals surface area (Å²) in [6, 6.07) is 1.64. The highest BCUT2D eigenvalue weighted by Crippen LogP contribution is 2.30. The maximum Gasteiger partial charge on any atom is 0.449 e. The van der Waals surface area contributed by atoms with E-state index < -0.39 is 12.0 Å². The largest absolute Gasteiger partial charge is 0.449 e. The van der Waals surface area contributed by atoms with Crippen LogP contribution in [0.3, 0.4) is 0 Å². The number of halogens is 4. The number of nitrogens with zero attached hydrogens (tertiary/aromatic N) is 3. The molecule has 0 radical (unpaired) electrons. The second-order valence-corrected chi connectivity index (χ2v) is 3.87. The van der Waals surface area contributed by atoms with E-state index in [0.717, 1.165) is 10.1 Å². The zero-order chi connectivity index (χ0) is 11.9. The Bertz CT molecular complexity index is 533. The van der Waals surface area contributed by atoms with E-state index in [1.165, 1.54) is 13.2 Å². The van der Waals surface area contributed by atoms with Gasteiger partial charge in [-0.1, -0.05) is 15.9 Å². The smallest absolute Gasteiger partial charge is 0.322 e. The second kappa shape index (κ2) is 3.73. The lowest BCUT2D eigenvalue weighted by molar-refractivity contribution is -0.146. The first kappa shape index (κ1) is 11.4. The van der Waals surface area contributed by atoms with Crippen molar-refractivity contribution in [3.8, 4) is 0 Å². The van der Waals surface area contributed by atoms with Crippen molar-refractivity contribution in [1.82, 2.24) is 14.5 Å². The van der Waals surface area contributed by atoms with Gasteiger partial charge in [0, 0.05) is 18.6 Å². The van der Waals surface area contributed by atoms with Crippen LogP contribution in [0.25, 0.3) is 11.2 Å². The fourth-order valence-electron chi connectivity index (χ4n) is 1.44. The van der Waals surface area contributed by atoms with Crippen LogP contribution in [0.4, 0.5) is 13.2 Å². The van der Waals surface area contributed by atoms with Crippen LogP contribution in [0.2, 0.25) is 0 Å². The minimum Gasteiger partial charge on any atom is -0.322 e. The molecule has 0 aliphatic carbocycles. The van der Waals surface area contributed by atoms with Gasteiger partial charge in [0.05, 0.1) is 5.52 Å². The molecule has 2 rings (SSSR count). The Morgan fingerprint density at radius 2 is 2.12 bits per heavy atom.